The summed E-state index contributed by atoms with van der Waals surface area (Å²) in [7, 11) is 0. The van der Waals surface area contributed by atoms with Crippen LogP contribution in [0.25, 0.3) is 0 Å². The van der Waals surface area contributed by atoms with E-state index in [2.05, 4.69) is 57.3 Å². The molecule has 3 heterocycles. The van der Waals surface area contributed by atoms with E-state index in [0.29, 0.717) is 32.7 Å². The summed E-state index contributed by atoms with van der Waals surface area (Å²) in [6.45, 7) is 11.7. The van der Waals surface area contributed by atoms with Crippen LogP contribution in [-0.2, 0) is 35.3 Å². The highest BCUT2D eigenvalue weighted by atomic mass is 16.5. The lowest BCUT2D eigenvalue weighted by Gasteiger charge is -2.39. The molecule has 1 aromatic carbocycles. The number of hydrogen-bond donors (Lipinski definition) is 2. The summed E-state index contributed by atoms with van der Waals surface area (Å²) in [4.78, 5) is 19.9. The van der Waals surface area contributed by atoms with E-state index < -0.39 is 0 Å². The fraction of sp³-hybridized carbons (Fsp3) is 0.600. The molecule has 202 valence electrons. The normalized spacial score (nSPS) is 16.0. The van der Waals surface area contributed by atoms with Crippen LogP contribution in [0.15, 0.2) is 30.3 Å². The van der Waals surface area contributed by atoms with Crippen LogP contribution in [0.5, 0.6) is 5.75 Å². The summed E-state index contributed by atoms with van der Waals surface area (Å²) < 4.78 is 12.3. The first-order chi connectivity index (χ1) is 17.7. The Labute approximate surface area is 222 Å². The Balaban J connectivity index is 1.37. The van der Waals surface area contributed by atoms with Gasteiger partial charge < -0.3 is 25.4 Å². The van der Waals surface area contributed by atoms with Crippen LogP contribution in [0.2, 0.25) is 0 Å². The van der Waals surface area contributed by atoms with Crippen LogP contribution in [0.4, 0.5) is 5.82 Å². The molecule has 0 aliphatic carbocycles. The summed E-state index contributed by atoms with van der Waals surface area (Å²) >= 11 is 0. The van der Waals surface area contributed by atoms with Crippen LogP contribution in [-0.4, -0.2) is 53.2 Å². The van der Waals surface area contributed by atoms with Crippen molar-refractivity contribution in [3.8, 4) is 5.75 Å². The fourth-order valence-corrected chi connectivity index (χ4v) is 5.18. The number of anilines is 1. The molecule has 1 aromatic heterocycles. The van der Waals surface area contributed by atoms with Crippen LogP contribution in [0.1, 0.15) is 75.8 Å². The van der Waals surface area contributed by atoms with E-state index in [1.807, 2.05) is 11.0 Å². The lowest BCUT2D eigenvalue weighted by Crippen LogP contribution is -2.47. The SMILES string of the molecule is CC(C)(CCN)OCCC(C)(C)N1Cc2cc(OCCc3ccc4c(n3)NCCC4)ccc2CCC1=O. The molecule has 1 amide bonds. The third-order valence-electron chi connectivity index (χ3n) is 7.68. The Bertz CT molecular complexity index is 1080. The highest BCUT2D eigenvalue weighted by Gasteiger charge is 2.33. The van der Waals surface area contributed by atoms with Gasteiger partial charge in [-0.1, -0.05) is 12.1 Å². The molecule has 4 rings (SSSR count). The number of carbonyl (C=O) groups is 1. The first kappa shape index (κ1) is 27.4. The van der Waals surface area contributed by atoms with Gasteiger partial charge in [0.05, 0.1) is 12.2 Å². The number of fused-ring (bicyclic) bond motifs is 2. The summed E-state index contributed by atoms with van der Waals surface area (Å²) in [5.41, 5.74) is 9.87. The molecule has 0 spiro atoms. The number of ether oxygens (including phenoxy) is 2. The number of benzene rings is 1. The lowest BCUT2D eigenvalue weighted by molar-refractivity contribution is -0.138. The van der Waals surface area contributed by atoms with Gasteiger partial charge in [0.15, 0.2) is 0 Å². The molecule has 0 unspecified atom stereocenters. The number of amides is 1. The largest absolute Gasteiger partial charge is 0.493 e. The molecule has 7 heteroatoms. The maximum Gasteiger partial charge on any atom is 0.223 e. The van der Waals surface area contributed by atoms with E-state index in [4.69, 9.17) is 20.2 Å². The molecule has 0 saturated heterocycles. The van der Waals surface area contributed by atoms with Crippen molar-refractivity contribution in [3.05, 3.63) is 52.7 Å². The monoisotopic (exact) mass is 508 g/mol. The Hall–Kier alpha value is -2.64. The third-order valence-corrected chi connectivity index (χ3v) is 7.68. The smallest absolute Gasteiger partial charge is 0.223 e. The van der Waals surface area contributed by atoms with E-state index in [9.17, 15) is 4.79 Å². The minimum atomic E-state index is -0.319. The van der Waals surface area contributed by atoms with Crippen LogP contribution in [0, 0.1) is 0 Å². The van der Waals surface area contributed by atoms with E-state index >= 15 is 0 Å². The molecule has 2 aliphatic rings. The highest BCUT2D eigenvalue weighted by molar-refractivity contribution is 5.78. The molecule has 3 N–H and O–H groups in total. The minimum absolute atomic E-state index is 0.192. The van der Waals surface area contributed by atoms with Gasteiger partial charge in [0, 0.05) is 43.8 Å². The molecule has 0 saturated carbocycles. The Kier molecular flexibility index (Phi) is 8.75. The molecule has 2 aliphatic heterocycles. The van der Waals surface area contributed by atoms with Crippen molar-refractivity contribution in [2.45, 2.75) is 90.3 Å². The molecular formula is C30H44N4O3. The summed E-state index contributed by atoms with van der Waals surface area (Å²) in [5.74, 6) is 2.06. The summed E-state index contributed by atoms with van der Waals surface area (Å²) in [5, 5.41) is 3.40. The van der Waals surface area contributed by atoms with Crippen molar-refractivity contribution in [1.82, 2.24) is 9.88 Å². The standard InChI is InChI=1S/C30H44N4O3/c1-29(2,15-19-37-30(3,4)14-16-31)34-21-24-20-26(11-8-22(24)9-12-27(34)35)36-18-13-25-10-7-23-6-5-17-32-28(23)33-25/h7-8,10-11,20H,5-6,9,12-19,21,31H2,1-4H3,(H,32,33). The minimum Gasteiger partial charge on any atom is -0.493 e. The van der Waals surface area contributed by atoms with E-state index in [1.165, 1.54) is 11.1 Å². The fourth-order valence-electron chi connectivity index (χ4n) is 5.18. The zero-order valence-electron chi connectivity index (χ0n) is 23.1. The molecular weight excluding hydrogens is 464 g/mol. The predicted octanol–water partition coefficient (Wildman–Crippen LogP) is 4.65. The number of nitrogens with one attached hydrogen (secondary N) is 1. The summed E-state index contributed by atoms with van der Waals surface area (Å²) in [6, 6.07) is 10.6. The Morgan fingerprint density at radius 2 is 1.81 bits per heavy atom. The van der Waals surface area contributed by atoms with Crippen LogP contribution >= 0.6 is 0 Å². The quantitative estimate of drug-likeness (QED) is 0.459. The van der Waals surface area contributed by atoms with Crippen LogP contribution < -0.4 is 15.8 Å². The van der Waals surface area contributed by atoms with Crippen LogP contribution in [0.3, 0.4) is 0 Å². The van der Waals surface area contributed by atoms with Crippen molar-refractivity contribution < 1.29 is 14.3 Å². The van der Waals surface area contributed by atoms with Crippen molar-refractivity contribution >= 4 is 11.7 Å². The second-order valence-corrected chi connectivity index (χ2v) is 11.6. The first-order valence-electron chi connectivity index (χ1n) is 13.8. The van der Waals surface area contributed by atoms with E-state index in [0.717, 1.165) is 67.9 Å². The molecule has 0 bridgehead atoms. The lowest BCUT2D eigenvalue weighted by atomic mass is 9.96. The topological polar surface area (TPSA) is 89.7 Å². The number of carbonyl (C=O) groups excluding carboxylic acids is 1. The van der Waals surface area contributed by atoms with Crippen molar-refractivity contribution in [2.24, 2.45) is 5.73 Å². The van der Waals surface area contributed by atoms with Gasteiger partial charge in [-0.2, -0.15) is 0 Å². The van der Waals surface area contributed by atoms with Gasteiger partial charge in [0.25, 0.3) is 0 Å². The number of rotatable bonds is 11. The van der Waals surface area contributed by atoms with Gasteiger partial charge in [0.1, 0.15) is 11.6 Å². The third kappa shape index (κ3) is 7.23. The van der Waals surface area contributed by atoms with Crippen molar-refractivity contribution in [1.29, 1.82) is 0 Å². The average Bonchev–Trinajstić information content (AvgIpc) is 3.02. The second kappa shape index (κ2) is 11.8. The van der Waals surface area contributed by atoms with Gasteiger partial charge >= 0.3 is 0 Å². The maximum atomic E-state index is 13.1. The number of aryl methyl sites for hydroxylation is 2. The number of hydrogen-bond acceptors (Lipinski definition) is 6. The zero-order valence-corrected chi connectivity index (χ0v) is 23.1. The number of nitrogens with zero attached hydrogens (tertiary/aromatic N) is 2. The van der Waals surface area contributed by atoms with E-state index in [-0.39, 0.29) is 17.0 Å². The molecule has 0 fully saturated rings. The Morgan fingerprint density at radius 1 is 1.00 bits per heavy atom. The molecule has 2 aromatic rings. The van der Waals surface area contributed by atoms with Gasteiger partial charge in [-0.05, 0) is 101 Å². The first-order valence-corrected chi connectivity index (χ1v) is 13.8. The number of pyridine rings is 1. The maximum absolute atomic E-state index is 13.1. The van der Waals surface area contributed by atoms with Gasteiger partial charge in [0.2, 0.25) is 5.91 Å². The van der Waals surface area contributed by atoms with Gasteiger partial charge in [-0.25, -0.2) is 4.98 Å². The molecule has 0 atom stereocenters. The summed E-state index contributed by atoms with van der Waals surface area (Å²) in [6.07, 6.45) is 5.87. The number of nitrogens with two attached hydrogens (primary N) is 1. The Morgan fingerprint density at radius 3 is 2.62 bits per heavy atom. The van der Waals surface area contributed by atoms with Crippen molar-refractivity contribution in [3.63, 3.8) is 0 Å². The molecule has 0 radical (unpaired) electrons. The van der Waals surface area contributed by atoms with Gasteiger partial charge in [-0.15, -0.1) is 0 Å². The second-order valence-electron chi connectivity index (χ2n) is 11.6. The highest BCUT2D eigenvalue weighted by Crippen LogP contribution is 2.30. The van der Waals surface area contributed by atoms with Gasteiger partial charge in [-0.3, -0.25) is 4.79 Å². The van der Waals surface area contributed by atoms with E-state index in [1.54, 1.807) is 0 Å². The molecule has 37 heavy (non-hydrogen) atoms. The van der Waals surface area contributed by atoms with Crippen molar-refractivity contribution in [2.75, 3.05) is 31.6 Å². The number of aromatic nitrogens is 1. The zero-order chi connectivity index (χ0) is 26.5. The average molecular weight is 509 g/mol. The molecule has 7 nitrogen and oxygen atoms in total. The predicted molar refractivity (Wildman–Crippen MR) is 148 cm³/mol.